The van der Waals surface area contributed by atoms with E-state index in [0.717, 1.165) is 28.2 Å². The number of aromatic nitrogens is 3. The first kappa shape index (κ1) is 23.4. The zero-order valence-electron chi connectivity index (χ0n) is 22.3. The molecule has 41 heavy (non-hydrogen) atoms. The van der Waals surface area contributed by atoms with Crippen molar-refractivity contribution in [1.29, 1.82) is 0 Å². The van der Waals surface area contributed by atoms with Crippen LogP contribution in [0, 0.1) is 0 Å². The predicted octanol–water partition coefficient (Wildman–Crippen LogP) is 9.73. The number of nitrogens with zero attached hydrogens (tertiary/aromatic N) is 3. The van der Waals surface area contributed by atoms with E-state index in [9.17, 15) is 0 Å². The lowest BCUT2D eigenvalue weighted by molar-refractivity contribution is 1.19. The fourth-order valence-electron chi connectivity index (χ4n) is 5.93. The molecule has 0 atom stereocenters. The highest BCUT2D eigenvalue weighted by Gasteiger charge is 2.16. The second-order valence-corrected chi connectivity index (χ2v) is 10.3. The first-order valence-corrected chi connectivity index (χ1v) is 13.8. The molecule has 0 N–H and O–H groups in total. The number of benzene rings is 5. The van der Waals surface area contributed by atoms with Gasteiger partial charge in [0.2, 0.25) is 0 Å². The second-order valence-electron chi connectivity index (χ2n) is 10.3. The molecule has 0 radical (unpaired) electrons. The van der Waals surface area contributed by atoms with E-state index in [1.807, 2.05) is 18.2 Å². The van der Waals surface area contributed by atoms with Crippen molar-refractivity contribution in [2.75, 3.05) is 0 Å². The highest BCUT2D eigenvalue weighted by Crippen LogP contribution is 2.39. The van der Waals surface area contributed by atoms with E-state index >= 15 is 0 Å². The number of rotatable bonds is 4. The van der Waals surface area contributed by atoms with E-state index in [4.69, 9.17) is 4.98 Å². The summed E-state index contributed by atoms with van der Waals surface area (Å²) in [4.78, 5) is 9.13. The summed E-state index contributed by atoms with van der Waals surface area (Å²) in [6.45, 7) is 0. The van der Waals surface area contributed by atoms with Gasteiger partial charge < -0.3 is 4.57 Å². The Kier molecular flexibility index (Phi) is 5.46. The molecule has 8 aromatic rings. The molecular formula is C38H25N3. The van der Waals surface area contributed by atoms with Gasteiger partial charge in [-0.3, -0.25) is 4.98 Å². The highest BCUT2D eigenvalue weighted by molar-refractivity contribution is 6.19. The molecule has 0 spiro atoms. The molecule has 0 amide bonds. The van der Waals surface area contributed by atoms with Crippen molar-refractivity contribution >= 4 is 32.6 Å². The zero-order chi connectivity index (χ0) is 27.2. The van der Waals surface area contributed by atoms with Gasteiger partial charge in [0.05, 0.1) is 22.4 Å². The number of para-hydroxylation sites is 1. The van der Waals surface area contributed by atoms with Crippen LogP contribution in [0.4, 0.5) is 0 Å². The van der Waals surface area contributed by atoms with Crippen LogP contribution in [0.15, 0.2) is 152 Å². The molecular weight excluding hydrogens is 498 g/mol. The minimum absolute atomic E-state index is 0.943. The van der Waals surface area contributed by atoms with Crippen molar-refractivity contribution in [3.05, 3.63) is 152 Å². The van der Waals surface area contributed by atoms with Crippen LogP contribution in [0.5, 0.6) is 0 Å². The fourth-order valence-corrected chi connectivity index (χ4v) is 5.93. The van der Waals surface area contributed by atoms with Gasteiger partial charge in [0.1, 0.15) is 0 Å². The first-order valence-electron chi connectivity index (χ1n) is 13.8. The molecule has 0 unspecified atom stereocenters. The molecule has 0 saturated heterocycles. The maximum atomic E-state index is 4.99. The lowest BCUT2D eigenvalue weighted by atomic mass is 10.0. The minimum Gasteiger partial charge on any atom is -0.309 e. The van der Waals surface area contributed by atoms with E-state index in [2.05, 4.69) is 131 Å². The van der Waals surface area contributed by atoms with E-state index in [-0.39, 0.29) is 0 Å². The third kappa shape index (κ3) is 3.98. The van der Waals surface area contributed by atoms with Crippen molar-refractivity contribution in [2.45, 2.75) is 0 Å². The number of hydrogen-bond acceptors (Lipinski definition) is 2. The number of pyridine rings is 2. The molecule has 3 aromatic heterocycles. The highest BCUT2D eigenvalue weighted by atomic mass is 15.0. The van der Waals surface area contributed by atoms with Crippen molar-refractivity contribution in [1.82, 2.24) is 14.5 Å². The van der Waals surface area contributed by atoms with Crippen LogP contribution in [0.3, 0.4) is 0 Å². The van der Waals surface area contributed by atoms with Crippen LogP contribution in [0.25, 0.3) is 71.9 Å². The summed E-state index contributed by atoms with van der Waals surface area (Å²) in [5, 5.41) is 4.91. The molecule has 0 fully saturated rings. The molecule has 0 aliphatic heterocycles. The van der Waals surface area contributed by atoms with Gasteiger partial charge in [0, 0.05) is 45.4 Å². The molecule has 0 saturated carbocycles. The Morgan fingerprint density at radius 3 is 1.93 bits per heavy atom. The van der Waals surface area contributed by atoms with E-state index in [0.29, 0.717) is 0 Å². The Morgan fingerprint density at radius 2 is 1.12 bits per heavy atom. The topological polar surface area (TPSA) is 30.7 Å². The van der Waals surface area contributed by atoms with Crippen molar-refractivity contribution in [3.8, 4) is 39.3 Å². The average Bonchev–Trinajstić information content (AvgIpc) is 3.40. The molecule has 3 heterocycles. The third-order valence-electron chi connectivity index (χ3n) is 7.89. The normalized spacial score (nSPS) is 11.4. The number of hydrogen-bond donors (Lipinski definition) is 0. The predicted molar refractivity (Wildman–Crippen MR) is 170 cm³/mol. The molecule has 0 aliphatic rings. The molecule has 5 aromatic carbocycles. The Morgan fingerprint density at radius 1 is 0.439 bits per heavy atom. The largest absolute Gasteiger partial charge is 0.309 e. The Hall–Kier alpha value is -5.54. The monoisotopic (exact) mass is 523 g/mol. The van der Waals surface area contributed by atoms with E-state index in [1.54, 1.807) is 12.4 Å². The molecule has 3 heteroatoms. The number of fused-ring (bicyclic) bond motifs is 5. The Labute approximate surface area is 238 Å². The van der Waals surface area contributed by atoms with Gasteiger partial charge in [0.25, 0.3) is 0 Å². The van der Waals surface area contributed by atoms with Crippen molar-refractivity contribution < 1.29 is 0 Å². The fraction of sp³-hybridized carbons (Fsp3) is 0. The zero-order valence-corrected chi connectivity index (χ0v) is 22.3. The van der Waals surface area contributed by atoms with Gasteiger partial charge in [-0.2, -0.15) is 0 Å². The van der Waals surface area contributed by atoms with Crippen molar-refractivity contribution in [3.63, 3.8) is 0 Å². The quantitative estimate of drug-likeness (QED) is 0.230. The first-order chi connectivity index (χ1) is 20.3. The lowest BCUT2D eigenvalue weighted by Gasteiger charge is -2.11. The van der Waals surface area contributed by atoms with Crippen LogP contribution in [-0.4, -0.2) is 14.5 Å². The van der Waals surface area contributed by atoms with Crippen LogP contribution in [-0.2, 0) is 0 Å². The van der Waals surface area contributed by atoms with E-state index < -0.39 is 0 Å². The summed E-state index contributed by atoms with van der Waals surface area (Å²) in [5.41, 5.74) is 10.1. The summed E-state index contributed by atoms with van der Waals surface area (Å²) in [6, 6.07) is 49.5. The van der Waals surface area contributed by atoms with Crippen molar-refractivity contribution in [2.24, 2.45) is 0 Å². The molecule has 0 bridgehead atoms. The summed E-state index contributed by atoms with van der Waals surface area (Å²) in [7, 11) is 0. The van der Waals surface area contributed by atoms with Crippen LogP contribution < -0.4 is 0 Å². The van der Waals surface area contributed by atoms with Crippen LogP contribution in [0.1, 0.15) is 0 Å². The lowest BCUT2D eigenvalue weighted by Crippen LogP contribution is -1.94. The van der Waals surface area contributed by atoms with Gasteiger partial charge in [-0.15, -0.1) is 0 Å². The molecule has 192 valence electrons. The smallest absolute Gasteiger partial charge is 0.0710 e. The van der Waals surface area contributed by atoms with E-state index in [1.165, 1.54) is 43.7 Å². The van der Waals surface area contributed by atoms with Gasteiger partial charge in [-0.1, -0.05) is 91.0 Å². The minimum atomic E-state index is 0.943. The maximum absolute atomic E-state index is 4.99. The SMILES string of the molecule is c1ccc(-c2ccc3c4ccc5cc(-c6cccc(-c7ccncc7)n6)ccc5c4n(-c4ccccc4)c3c2)cc1. The van der Waals surface area contributed by atoms with Gasteiger partial charge in [-0.25, -0.2) is 4.98 Å². The van der Waals surface area contributed by atoms with Crippen LogP contribution >= 0.6 is 0 Å². The van der Waals surface area contributed by atoms with Gasteiger partial charge >= 0.3 is 0 Å². The van der Waals surface area contributed by atoms with Gasteiger partial charge in [0.15, 0.2) is 0 Å². The summed E-state index contributed by atoms with van der Waals surface area (Å²) in [5.74, 6) is 0. The Bertz CT molecular complexity index is 2180. The molecule has 3 nitrogen and oxygen atoms in total. The molecule has 8 rings (SSSR count). The molecule has 0 aliphatic carbocycles. The Balaban J connectivity index is 1.35. The second kappa shape index (κ2) is 9.58. The average molecular weight is 524 g/mol. The maximum Gasteiger partial charge on any atom is 0.0710 e. The van der Waals surface area contributed by atoms with Crippen LogP contribution in [0.2, 0.25) is 0 Å². The summed E-state index contributed by atoms with van der Waals surface area (Å²) < 4.78 is 2.42. The van der Waals surface area contributed by atoms with Gasteiger partial charge in [-0.05, 0) is 65.0 Å². The summed E-state index contributed by atoms with van der Waals surface area (Å²) >= 11 is 0. The standard InChI is InChI=1S/C38H25N3/c1-3-8-26(9-4-1)28-14-18-33-34-19-15-29-24-30(36-13-7-12-35(40-36)27-20-22-39-23-21-27)16-17-32(29)38(34)41(37(33)25-28)31-10-5-2-6-11-31/h1-25H. The third-order valence-corrected chi connectivity index (χ3v) is 7.89. The summed E-state index contributed by atoms with van der Waals surface area (Å²) in [6.07, 6.45) is 3.61.